The lowest BCUT2D eigenvalue weighted by molar-refractivity contribution is 0.411. The maximum Gasteiger partial charge on any atom is 0.322 e. The lowest BCUT2D eigenvalue weighted by Crippen LogP contribution is -2.20. The van der Waals surface area contributed by atoms with E-state index >= 15 is 0 Å². The maximum atomic E-state index is 12.6. The first-order chi connectivity index (χ1) is 11.8. The van der Waals surface area contributed by atoms with Crippen LogP contribution in [0.2, 0.25) is 0 Å². The smallest absolute Gasteiger partial charge is 0.322 e. The zero-order valence-corrected chi connectivity index (χ0v) is 15.5. The Balaban J connectivity index is 2.07. The molecule has 0 radical (unpaired) electrons. The highest BCUT2D eigenvalue weighted by Crippen LogP contribution is 2.24. The Labute approximate surface area is 149 Å². The number of pyridine rings is 1. The Morgan fingerprint density at radius 2 is 2.04 bits per heavy atom. The van der Waals surface area contributed by atoms with Crippen LogP contribution in [0.5, 0.6) is 5.75 Å². The average molecular weight is 376 g/mol. The van der Waals surface area contributed by atoms with Gasteiger partial charge in [-0.15, -0.1) is 0 Å². The minimum atomic E-state index is -3.95. The van der Waals surface area contributed by atoms with Gasteiger partial charge in [0.1, 0.15) is 5.75 Å². The molecule has 25 heavy (non-hydrogen) atoms. The van der Waals surface area contributed by atoms with Gasteiger partial charge in [0.05, 0.1) is 22.7 Å². The number of nitrogens with zero attached hydrogens (tertiary/aromatic N) is 2. The van der Waals surface area contributed by atoms with E-state index in [0.29, 0.717) is 21.5 Å². The molecule has 0 saturated carbocycles. The molecule has 0 aliphatic rings. The second-order valence-corrected chi connectivity index (χ2v) is 8.15. The van der Waals surface area contributed by atoms with Crippen molar-refractivity contribution in [2.24, 2.45) is 0 Å². The molecule has 2 aromatic heterocycles. The molecule has 0 fully saturated rings. The molecule has 0 spiro atoms. The number of methoxy groups -OCH3 is 1. The molecule has 3 rings (SSSR count). The van der Waals surface area contributed by atoms with Crippen molar-refractivity contribution in [1.29, 1.82) is 0 Å². The minimum Gasteiger partial charge on any atom is -0.496 e. The van der Waals surface area contributed by atoms with E-state index in [1.165, 1.54) is 24.5 Å². The van der Waals surface area contributed by atoms with Gasteiger partial charge in [0, 0.05) is 12.4 Å². The molecule has 0 saturated heterocycles. The largest absolute Gasteiger partial charge is 0.496 e. The Bertz CT molecular complexity index is 1140. The van der Waals surface area contributed by atoms with Gasteiger partial charge >= 0.3 is 4.87 Å². The second kappa shape index (κ2) is 6.45. The van der Waals surface area contributed by atoms with Crippen LogP contribution in [0.1, 0.15) is 16.7 Å². The van der Waals surface area contributed by atoms with Crippen molar-refractivity contribution >= 4 is 37.7 Å². The summed E-state index contributed by atoms with van der Waals surface area (Å²) >= 11 is 0.850. The second-order valence-electron chi connectivity index (χ2n) is 5.49. The van der Waals surface area contributed by atoms with Crippen LogP contribution in [0.4, 0.5) is 0 Å². The normalized spacial score (nSPS) is 12.1. The summed E-state index contributed by atoms with van der Waals surface area (Å²) < 4.78 is 31.9. The monoisotopic (exact) mass is 376 g/mol. The molecule has 0 unspecified atom stereocenters. The first kappa shape index (κ1) is 17.4. The molecule has 0 N–H and O–H groups in total. The van der Waals surface area contributed by atoms with Crippen molar-refractivity contribution in [2.75, 3.05) is 7.11 Å². The van der Waals surface area contributed by atoms with E-state index in [4.69, 9.17) is 4.74 Å². The number of thiazole rings is 1. The summed E-state index contributed by atoms with van der Waals surface area (Å²) in [6.45, 7) is 3.86. The standard InChI is InChI=1S/C17H16N2O4S2/c1-11-8-13(9-15(23-3)12(11)2)5-7-25(21,22)19-14-4-6-18-10-16(14)24-17(19)20/h4-10H,1-3H3/b7-5+. The summed E-state index contributed by atoms with van der Waals surface area (Å²) in [6.07, 6.45) is 4.39. The van der Waals surface area contributed by atoms with E-state index in [0.717, 1.165) is 31.8 Å². The predicted molar refractivity (Wildman–Crippen MR) is 99.7 cm³/mol. The van der Waals surface area contributed by atoms with Gasteiger partial charge in [-0.25, -0.2) is 8.42 Å². The molecule has 0 amide bonds. The van der Waals surface area contributed by atoms with Gasteiger partial charge in [-0.2, -0.15) is 3.97 Å². The molecule has 3 aromatic rings. The first-order valence-electron chi connectivity index (χ1n) is 7.38. The zero-order valence-electron chi connectivity index (χ0n) is 13.9. The quantitative estimate of drug-likeness (QED) is 0.700. The number of ether oxygens (including phenoxy) is 1. The topological polar surface area (TPSA) is 78.3 Å². The zero-order chi connectivity index (χ0) is 18.2. The molecular weight excluding hydrogens is 360 g/mol. The van der Waals surface area contributed by atoms with Crippen LogP contribution in [0.25, 0.3) is 16.3 Å². The van der Waals surface area contributed by atoms with Crippen LogP contribution >= 0.6 is 11.3 Å². The third kappa shape index (κ3) is 3.22. The van der Waals surface area contributed by atoms with Gasteiger partial charge in [-0.05, 0) is 48.7 Å². The molecule has 0 aliphatic heterocycles. The van der Waals surface area contributed by atoms with E-state index in [1.807, 2.05) is 19.9 Å². The van der Waals surface area contributed by atoms with Gasteiger partial charge in [0.15, 0.2) is 0 Å². The number of hydrogen-bond donors (Lipinski definition) is 0. The molecule has 130 valence electrons. The maximum absolute atomic E-state index is 12.6. The van der Waals surface area contributed by atoms with E-state index in [-0.39, 0.29) is 0 Å². The molecule has 1 aromatic carbocycles. The fourth-order valence-electron chi connectivity index (χ4n) is 2.48. The minimum absolute atomic E-state index is 0.326. The number of aryl methyl sites for hydroxylation is 1. The van der Waals surface area contributed by atoms with Gasteiger partial charge < -0.3 is 4.74 Å². The van der Waals surface area contributed by atoms with E-state index in [2.05, 4.69) is 4.98 Å². The SMILES string of the molecule is COc1cc(/C=C/S(=O)(=O)n2c(=O)sc3cnccc32)cc(C)c1C. The van der Waals surface area contributed by atoms with Gasteiger partial charge in [-0.3, -0.25) is 9.78 Å². The fourth-order valence-corrected chi connectivity index (χ4v) is 4.80. The van der Waals surface area contributed by atoms with E-state index in [1.54, 1.807) is 13.2 Å². The number of rotatable bonds is 4. The molecule has 0 bridgehead atoms. The van der Waals surface area contributed by atoms with Crippen molar-refractivity contribution in [3.05, 3.63) is 62.4 Å². The van der Waals surface area contributed by atoms with Crippen molar-refractivity contribution in [2.45, 2.75) is 13.8 Å². The number of benzene rings is 1. The number of fused-ring (bicyclic) bond motifs is 1. The molecule has 8 heteroatoms. The lowest BCUT2D eigenvalue weighted by Gasteiger charge is -2.09. The molecule has 0 aliphatic carbocycles. The highest BCUT2D eigenvalue weighted by atomic mass is 32.2. The summed E-state index contributed by atoms with van der Waals surface area (Å²) in [4.78, 5) is 15.5. The fraction of sp³-hybridized carbons (Fsp3) is 0.176. The van der Waals surface area contributed by atoms with Crippen molar-refractivity contribution in [1.82, 2.24) is 8.96 Å². The van der Waals surface area contributed by atoms with Crippen molar-refractivity contribution < 1.29 is 13.2 Å². The summed E-state index contributed by atoms with van der Waals surface area (Å²) in [5, 5.41) is 1.03. The van der Waals surface area contributed by atoms with Crippen LogP contribution in [-0.2, 0) is 10.0 Å². The predicted octanol–water partition coefficient (Wildman–Crippen LogP) is 2.93. The molecule has 2 heterocycles. The van der Waals surface area contributed by atoms with Crippen LogP contribution < -0.4 is 9.61 Å². The third-order valence-corrected chi connectivity index (χ3v) is 6.25. The Morgan fingerprint density at radius 1 is 1.28 bits per heavy atom. The van der Waals surface area contributed by atoms with Crippen LogP contribution in [-0.4, -0.2) is 24.5 Å². The van der Waals surface area contributed by atoms with Crippen molar-refractivity contribution in [3.8, 4) is 5.75 Å². The number of hydrogen-bond acceptors (Lipinski definition) is 6. The van der Waals surface area contributed by atoms with Crippen LogP contribution in [0.15, 0.2) is 40.8 Å². The average Bonchev–Trinajstić information content (AvgIpc) is 2.92. The Morgan fingerprint density at radius 3 is 2.76 bits per heavy atom. The highest BCUT2D eigenvalue weighted by Gasteiger charge is 2.18. The Hall–Kier alpha value is -2.45. The van der Waals surface area contributed by atoms with Gasteiger partial charge in [0.2, 0.25) is 0 Å². The number of aromatic nitrogens is 2. The van der Waals surface area contributed by atoms with Crippen LogP contribution in [0.3, 0.4) is 0 Å². The molecule has 0 atom stereocenters. The summed E-state index contributed by atoms with van der Waals surface area (Å²) in [5.74, 6) is 0.682. The summed E-state index contributed by atoms with van der Waals surface area (Å²) in [7, 11) is -2.38. The summed E-state index contributed by atoms with van der Waals surface area (Å²) in [5.41, 5.74) is 2.99. The summed E-state index contributed by atoms with van der Waals surface area (Å²) in [6, 6.07) is 5.13. The van der Waals surface area contributed by atoms with Crippen molar-refractivity contribution in [3.63, 3.8) is 0 Å². The molecule has 6 nitrogen and oxygen atoms in total. The molecular formula is C17H16N2O4S2. The lowest BCUT2D eigenvalue weighted by atomic mass is 10.1. The highest BCUT2D eigenvalue weighted by molar-refractivity contribution is 7.93. The van der Waals surface area contributed by atoms with E-state index < -0.39 is 14.9 Å². The van der Waals surface area contributed by atoms with Crippen LogP contribution in [0, 0.1) is 13.8 Å². The van der Waals surface area contributed by atoms with Gasteiger partial charge in [0.25, 0.3) is 10.0 Å². The Kier molecular flexibility index (Phi) is 4.49. The third-order valence-electron chi connectivity index (χ3n) is 3.89. The van der Waals surface area contributed by atoms with E-state index in [9.17, 15) is 13.2 Å². The first-order valence-corrected chi connectivity index (χ1v) is 9.70. The van der Waals surface area contributed by atoms with Gasteiger partial charge in [-0.1, -0.05) is 17.4 Å².